The number of hydrogen-bond acceptors (Lipinski definition) is 6. The number of carbonyl (C=O) groups is 1. The van der Waals surface area contributed by atoms with Crippen LogP contribution in [0.4, 0.5) is 0 Å². The Morgan fingerprint density at radius 1 is 0.977 bits per heavy atom. The predicted molar refractivity (Wildman–Crippen MR) is 168 cm³/mol. The van der Waals surface area contributed by atoms with Crippen molar-refractivity contribution in [1.82, 2.24) is 14.8 Å². The molecule has 1 aromatic heterocycles. The molecule has 218 valence electrons. The van der Waals surface area contributed by atoms with Gasteiger partial charge in [-0.05, 0) is 72.5 Å². The van der Waals surface area contributed by atoms with Gasteiger partial charge >= 0.3 is 0 Å². The Hall–Kier alpha value is -4.64. The maximum Gasteiger partial charge on any atom is 0.246 e. The molecule has 0 spiro atoms. The highest BCUT2D eigenvalue weighted by Crippen LogP contribution is 2.34. The van der Waals surface area contributed by atoms with Gasteiger partial charge in [0.05, 0.1) is 22.9 Å². The zero-order chi connectivity index (χ0) is 30.2. The van der Waals surface area contributed by atoms with Crippen LogP contribution in [0.5, 0.6) is 17.4 Å². The minimum Gasteiger partial charge on any atom is -0.487 e. The Morgan fingerprint density at radius 2 is 1.70 bits per heavy atom. The molecule has 1 amide bonds. The zero-order valence-electron chi connectivity index (χ0n) is 24.3. The Balaban J connectivity index is 1.12. The quantitative estimate of drug-likeness (QED) is 0.196. The number of halogens is 1. The van der Waals surface area contributed by atoms with Crippen molar-refractivity contribution < 1.29 is 14.3 Å². The molecule has 1 saturated heterocycles. The summed E-state index contributed by atoms with van der Waals surface area (Å²) in [6, 6.07) is 25.2. The molecule has 0 N–H and O–H groups in total. The minimum absolute atomic E-state index is 0.00483. The number of nitriles is 1. The average Bonchev–Trinajstić information content (AvgIpc) is 3.03. The lowest BCUT2D eigenvalue weighted by Gasteiger charge is -2.34. The molecule has 5 rings (SSSR count). The maximum atomic E-state index is 12.9. The van der Waals surface area contributed by atoms with E-state index < -0.39 is 0 Å². The summed E-state index contributed by atoms with van der Waals surface area (Å²) in [6.07, 6.45) is 4.99. The maximum absolute atomic E-state index is 12.9. The highest BCUT2D eigenvalue weighted by atomic mass is 35.5. The summed E-state index contributed by atoms with van der Waals surface area (Å²) in [5.74, 6) is 1.48. The van der Waals surface area contributed by atoms with Gasteiger partial charge in [0.25, 0.3) is 0 Å². The molecule has 0 unspecified atom stereocenters. The molecular formula is C35H33ClN4O3. The smallest absolute Gasteiger partial charge is 0.246 e. The molecule has 2 heterocycles. The van der Waals surface area contributed by atoms with Crippen LogP contribution in [0.2, 0.25) is 5.02 Å². The Morgan fingerprint density at radius 3 is 2.35 bits per heavy atom. The first-order valence-corrected chi connectivity index (χ1v) is 14.5. The van der Waals surface area contributed by atoms with E-state index in [9.17, 15) is 4.79 Å². The lowest BCUT2D eigenvalue weighted by atomic mass is 10.1. The second-order valence-electron chi connectivity index (χ2n) is 10.6. The molecule has 0 aliphatic carbocycles. The van der Waals surface area contributed by atoms with Gasteiger partial charge in [0, 0.05) is 44.9 Å². The van der Waals surface area contributed by atoms with E-state index in [4.69, 9.17) is 26.3 Å². The molecule has 4 aromatic rings. The molecule has 0 radical (unpaired) electrons. The number of ether oxygens (including phenoxy) is 2. The zero-order valence-corrected chi connectivity index (χ0v) is 25.1. The summed E-state index contributed by atoms with van der Waals surface area (Å²) in [7, 11) is 0. The summed E-state index contributed by atoms with van der Waals surface area (Å²) >= 11 is 6.58. The van der Waals surface area contributed by atoms with Crippen molar-refractivity contribution in [3.63, 3.8) is 0 Å². The second kappa shape index (κ2) is 14.0. The van der Waals surface area contributed by atoms with Gasteiger partial charge < -0.3 is 14.4 Å². The van der Waals surface area contributed by atoms with Gasteiger partial charge in [-0.2, -0.15) is 5.26 Å². The summed E-state index contributed by atoms with van der Waals surface area (Å²) < 4.78 is 11.8. The van der Waals surface area contributed by atoms with E-state index in [0.29, 0.717) is 47.7 Å². The predicted octanol–water partition coefficient (Wildman–Crippen LogP) is 6.95. The van der Waals surface area contributed by atoms with Crippen LogP contribution < -0.4 is 9.47 Å². The van der Waals surface area contributed by atoms with Crippen LogP contribution in [0.3, 0.4) is 0 Å². The molecular weight excluding hydrogens is 560 g/mol. The molecule has 1 aliphatic heterocycles. The topological polar surface area (TPSA) is 78.7 Å². The van der Waals surface area contributed by atoms with Crippen LogP contribution >= 0.6 is 11.6 Å². The SMILES string of the molecule is Cc1ccc(CN2CCN(C(=O)/C=C/c3cc(C)c(Oc4ccc(OCc5ccc(C#N)cc5)cn4)c(Cl)c3)CC2)cc1. The number of amides is 1. The van der Waals surface area contributed by atoms with Gasteiger partial charge in [-0.3, -0.25) is 9.69 Å². The third-order valence-electron chi connectivity index (χ3n) is 7.29. The number of aromatic nitrogens is 1. The Labute approximate surface area is 257 Å². The normalized spacial score (nSPS) is 13.6. The van der Waals surface area contributed by atoms with Crippen LogP contribution in [-0.4, -0.2) is 46.9 Å². The molecule has 3 aromatic carbocycles. The van der Waals surface area contributed by atoms with Crippen LogP contribution in [0.15, 0.2) is 85.1 Å². The molecule has 8 heteroatoms. The Bertz CT molecular complexity index is 1600. The van der Waals surface area contributed by atoms with Gasteiger partial charge in [0.2, 0.25) is 11.8 Å². The molecule has 43 heavy (non-hydrogen) atoms. The van der Waals surface area contributed by atoms with Crippen molar-refractivity contribution in [2.75, 3.05) is 26.2 Å². The third-order valence-corrected chi connectivity index (χ3v) is 7.57. The molecule has 7 nitrogen and oxygen atoms in total. The number of nitrogens with zero attached hydrogens (tertiary/aromatic N) is 4. The van der Waals surface area contributed by atoms with Gasteiger partial charge in [-0.1, -0.05) is 53.6 Å². The largest absolute Gasteiger partial charge is 0.487 e. The number of carbonyl (C=O) groups excluding carboxylic acids is 1. The lowest BCUT2D eigenvalue weighted by molar-refractivity contribution is -0.127. The van der Waals surface area contributed by atoms with E-state index in [2.05, 4.69) is 47.1 Å². The van der Waals surface area contributed by atoms with Crippen molar-refractivity contribution >= 4 is 23.6 Å². The third kappa shape index (κ3) is 8.23. The standard InChI is InChI=1S/C35H33ClN4O3/c1-25-3-5-28(6-4-25)23-39-15-17-40(18-16-39)34(41)14-11-30-19-26(2)35(32(36)20-30)43-33-13-12-31(22-38-33)42-24-29-9-7-27(21-37)8-10-29/h3-14,19-20,22H,15-18,23-24H2,1-2H3/b14-11+. The molecule has 0 saturated carbocycles. The van der Waals surface area contributed by atoms with Crippen molar-refractivity contribution in [1.29, 1.82) is 5.26 Å². The average molecular weight is 593 g/mol. The molecule has 0 bridgehead atoms. The fourth-order valence-corrected chi connectivity index (χ4v) is 5.11. The van der Waals surface area contributed by atoms with Gasteiger partial charge in [-0.15, -0.1) is 0 Å². The number of benzene rings is 3. The van der Waals surface area contributed by atoms with Crippen LogP contribution in [0.25, 0.3) is 6.08 Å². The molecule has 0 atom stereocenters. The number of pyridine rings is 1. The van der Waals surface area contributed by atoms with E-state index in [-0.39, 0.29) is 5.91 Å². The number of piperazine rings is 1. The monoisotopic (exact) mass is 592 g/mol. The second-order valence-corrected chi connectivity index (χ2v) is 11.0. The number of rotatable bonds is 9. The molecule has 1 fully saturated rings. The lowest BCUT2D eigenvalue weighted by Crippen LogP contribution is -2.47. The first kappa shape index (κ1) is 29.8. The number of aryl methyl sites for hydroxylation is 2. The van der Waals surface area contributed by atoms with Crippen molar-refractivity contribution in [2.45, 2.75) is 27.0 Å². The summed E-state index contributed by atoms with van der Waals surface area (Å²) in [5, 5.41) is 9.35. The Kier molecular flexibility index (Phi) is 9.73. The fourth-order valence-electron chi connectivity index (χ4n) is 4.79. The van der Waals surface area contributed by atoms with Crippen LogP contribution in [0.1, 0.15) is 33.4 Å². The fraction of sp³-hybridized carbons (Fsp3) is 0.229. The first-order chi connectivity index (χ1) is 20.9. The first-order valence-electron chi connectivity index (χ1n) is 14.2. The number of hydrogen-bond donors (Lipinski definition) is 0. The molecule has 1 aliphatic rings. The van der Waals surface area contributed by atoms with Crippen molar-refractivity contribution in [3.05, 3.63) is 123 Å². The van der Waals surface area contributed by atoms with E-state index >= 15 is 0 Å². The van der Waals surface area contributed by atoms with Crippen LogP contribution in [0, 0.1) is 25.2 Å². The van der Waals surface area contributed by atoms with E-state index in [1.165, 1.54) is 11.1 Å². The van der Waals surface area contributed by atoms with Crippen LogP contribution in [-0.2, 0) is 17.9 Å². The minimum atomic E-state index is -0.00483. The summed E-state index contributed by atoms with van der Waals surface area (Å²) in [4.78, 5) is 21.5. The summed E-state index contributed by atoms with van der Waals surface area (Å²) in [6.45, 7) is 8.36. The summed E-state index contributed by atoms with van der Waals surface area (Å²) in [5.41, 5.74) is 5.76. The van der Waals surface area contributed by atoms with Gasteiger partial charge in [-0.25, -0.2) is 4.98 Å². The highest BCUT2D eigenvalue weighted by molar-refractivity contribution is 6.32. The van der Waals surface area contributed by atoms with Crippen molar-refractivity contribution in [3.8, 4) is 23.4 Å². The van der Waals surface area contributed by atoms with Gasteiger partial charge in [0.15, 0.2) is 5.75 Å². The van der Waals surface area contributed by atoms with Gasteiger partial charge in [0.1, 0.15) is 12.4 Å². The highest BCUT2D eigenvalue weighted by Gasteiger charge is 2.20. The van der Waals surface area contributed by atoms with Crippen molar-refractivity contribution in [2.24, 2.45) is 0 Å². The van der Waals surface area contributed by atoms with E-state index in [1.807, 2.05) is 30.0 Å². The van der Waals surface area contributed by atoms with E-state index in [1.54, 1.807) is 48.7 Å². The van der Waals surface area contributed by atoms with E-state index in [0.717, 1.165) is 36.3 Å².